The van der Waals surface area contributed by atoms with Crippen LogP contribution in [0.25, 0.3) is 0 Å². The molecule has 0 radical (unpaired) electrons. The number of unbranched alkanes of at least 4 members (excludes halogenated alkanes) is 1. The molecule has 1 atom stereocenters. The first-order valence-corrected chi connectivity index (χ1v) is 9.88. The fourth-order valence-electron chi connectivity index (χ4n) is 2.34. The van der Waals surface area contributed by atoms with Crippen molar-refractivity contribution in [1.29, 1.82) is 0 Å². The highest BCUT2D eigenvalue weighted by atomic mass is 35.5. The van der Waals surface area contributed by atoms with Crippen LogP contribution in [0.4, 0.5) is 10.5 Å². The molecule has 4 nitrogen and oxygen atoms in total. The predicted molar refractivity (Wildman–Crippen MR) is 107 cm³/mol. The van der Waals surface area contributed by atoms with Crippen molar-refractivity contribution in [3.8, 4) is 0 Å². The van der Waals surface area contributed by atoms with E-state index < -0.39 is 0 Å². The molecule has 0 aliphatic carbocycles. The van der Waals surface area contributed by atoms with E-state index in [1.165, 1.54) is 31.4 Å². The topological polar surface area (TPSA) is 50.4 Å². The molecule has 2 amide bonds. The second-order valence-electron chi connectivity index (χ2n) is 5.97. The smallest absolute Gasteiger partial charge is 0.319 e. The van der Waals surface area contributed by atoms with Gasteiger partial charge in [-0.25, -0.2) is 4.79 Å². The summed E-state index contributed by atoms with van der Waals surface area (Å²) in [6, 6.07) is 2.70. The Labute approximate surface area is 165 Å². The second kappa shape index (κ2) is 12.6. The Bertz CT molecular complexity index is 518. The molecule has 0 bridgehead atoms. The number of urea groups is 1. The molecule has 1 unspecified atom stereocenters. The summed E-state index contributed by atoms with van der Waals surface area (Å²) in [5, 5.41) is 6.41. The van der Waals surface area contributed by atoms with Crippen molar-refractivity contribution >= 4 is 46.5 Å². The average Bonchev–Trinajstić information content (AvgIpc) is 2.56. The number of rotatable bonds is 11. The minimum Gasteiger partial charge on any atom is -0.381 e. The van der Waals surface area contributed by atoms with E-state index in [-0.39, 0.29) is 6.03 Å². The van der Waals surface area contributed by atoms with Crippen LogP contribution >= 0.6 is 34.8 Å². The fourth-order valence-corrected chi connectivity index (χ4v) is 3.26. The van der Waals surface area contributed by atoms with Crippen molar-refractivity contribution in [2.45, 2.75) is 46.0 Å². The third-order valence-electron chi connectivity index (χ3n) is 3.89. The maximum atomic E-state index is 11.9. The van der Waals surface area contributed by atoms with Gasteiger partial charge in [0, 0.05) is 24.8 Å². The number of benzene rings is 1. The highest BCUT2D eigenvalue weighted by Gasteiger charge is 2.11. The summed E-state index contributed by atoms with van der Waals surface area (Å²) in [5.41, 5.74) is 0.350. The number of hydrogen-bond donors (Lipinski definition) is 2. The molecule has 0 saturated heterocycles. The third-order valence-corrected chi connectivity index (χ3v) is 4.71. The first-order chi connectivity index (χ1) is 12.0. The third kappa shape index (κ3) is 9.00. The molecule has 0 aliphatic rings. The maximum Gasteiger partial charge on any atom is 0.319 e. The van der Waals surface area contributed by atoms with E-state index in [4.69, 9.17) is 39.5 Å². The summed E-state index contributed by atoms with van der Waals surface area (Å²) in [6.07, 6.45) is 5.58. The summed E-state index contributed by atoms with van der Waals surface area (Å²) in [4.78, 5) is 11.9. The molecule has 0 fully saturated rings. The Hall–Kier alpha value is -0.680. The summed E-state index contributed by atoms with van der Waals surface area (Å²) >= 11 is 17.9. The number of carbonyl (C=O) groups excluding carboxylic acids is 1. The van der Waals surface area contributed by atoms with Crippen LogP contribution in [0.15, 0.2) is 12.1 Å². The van der Waals surface area contributed by atoms with Crippen LogP contribution < -0.4 is 10.6 Å². The van der Waals surface area contributed by atoms with Crippen LogP contribution in [0.5, 0.6) is 0 Å². The Balaban J connectivity index is 2.21. The first kappa shape index (κ1) is 22.4. The van der Waals surface area contributed by atoms with Crippen LogP contribution in [0.1, 0.15) is 46.0 Å². The molecule has 1 rings (SSSR count). The zero-order valence-corrected chi connectivity index (χ0v) is 17.1. The largest absolute Gasteiger partial charge is 0.381 e. The molecule has 0 aliphatic heterocycles. The van der Waals surface area contributed by atoms with Gasteiger partial charge in [0.25, 0.3) is 0 Å². The summed E-state index contributed by atoms with van der Waals surface area (Å²) in [5.74, 6) is 0.630. The van der Waals surface area contributed by atoms with E-state index in [2.05, 4.69) is 24.5 Å². The molecule has 0 spiro atoms. The number of carbonyl (C=O) groups is 1. The van der Waals surface area contributed by atoms with E-state index in [1.54, 1.807) is 0 Å². The lowest BCUT2D eigenvalue weighted by molar-refractivity contribution is 0.0925. The Morgan fingerprint density at radius 2 is 1.84 bits per heavy atom. The second-order valence-corrected chi connectivity index (χ2v) is 7.22. The lowest BCUT2D eigenvalue weighted by Crippen LogP contribution is -2.30. The minimum atomic E-state index is -0.361. The number of hydrogen-bond acceptors (Lipinski definition) is 2. The van der Waals surface area contributed by atoms with Gasteiger partial charge in [-0.3, -0.25) is 0 Å². The van der Waals surface area contributed by atoms with Crippen LogP contribution in [-0.4, -0.2) is 25.8 Å². The van der Waals surface area contributed by atoms with Gasteiger partial charge in [-0.2, -0.15) is 0 Å². The zero-order chi connectivity index (χ0) is 18.7. The number of nitrogens with one attached hydrogen (secondary N) is 2. The number of halogens is 3. The molecule has 142 valence electrons. The van der Waals surface area contributed by atoms with Gasteiger partial charge in [0.1, 0.15) is 0 Å². The molecule has 2 N–H and O–H groups in total. The molecule has 25 heavy (non-hydrogen) atoms. The molecular weight excluding hydrogens is 383 g/mol. The lowest BCUT2D eigenvalue weighted by Gasteiger charge is -2.15. The van der Waals surface area contributed by atoms with Crippen LogP contribution in [-0.2, 0) is 4.74 Å². The van der Waals surface area contributed by atoms with Gasteiger partial charge in [-0.05, 0) is 30.9 Å². The highest BCUT2D eigenvalue weighted by molar-refractivity contribution is 6.42. The normalized spacial score (nSPS) is 12.0. The molecule has 0 heterocycles. The zero-order valence-electron chi connectivity index (χ0n) is 14.8. The van der Waals surface area contributed by atoms with Gasteiger partial charge in [-0.15, -0.1) is 0 Å². The van der Waals surface area contributed by atoms with E-state index in [1.807, 2.05) is 0 Å². The first-order valence-electron chi connectivity index (χ1n) is 8.75. The monoisotopic (exact) mass is 408 g/mol. The minimum absolute atomic E-state index is 0.300. The quantitative estimate of drug-likeness (QED) is 0.416. The summed E-state index contributed by atoms with van der Waals surface area (Å²) in [6.45, 7) is 6.34. The Kier molecular flexibility index (Phi) is 11.3. The predicted octanol–water partition coefficient (Wildman–Crippen LogP) is 6.39. The lowest BCUT2D eigenvalue weighted by atomic mass is 10.0. The van der Waals surface area contributed by atoms with E-state index in [0.717, 1.165) is 19.4 Å². The molecule has 7 heteroatoms. The van der Waals surface area contributed by atoms with Gasteiger partial charge in [0.15, 0.2) is 0 Å². The molecule has 1 aromatic carbocycles. The van der Waals surface area contributed by atoms with Gasteiger partial charge in [-0.1, -0.05) is 67.9 Å². The van der Waals surface area contributed by atoms with Gasteiger partial charge in [0.2, 0.25) is 0 Å². The molecule has 0 aromatic heterocycles. The van der Waals surface area contributed by atoms with Gasteiger partial charge in [0.05, 0.1) is 15.7 Å². The van der Waals surface area contributed by atoms with Crippen molar-refractivity contribution in [3.05, 3.63) is 27.2 Å². The SMILES string of the molecule is CCCCC(CC)COCCCNC(=O)Nc1c(Cl)cc(Cl)cc1Cl. The van der Waals surface area contributed by atoms with Crippen LogP contribution in [0.2, 0.25) is 15.1 Å². The van der Waals surface area contributed by atoms with E-state index >= 15 is 0 Å². The molecular formula is C18H27Cl3N2O2. The maximum absolute atomic E-state index is 11.9. The number of ether oxygens (including phenoxy) is 1. The van der Waals surface area contributed by atoms with Crippen LogP contribution in [0, 0.1) is 5.92 Å². The summed E-state index contributed by atoms with van der Waals surface area (Å²) < 4.78 is 5.71. The Morgan fingerprint density at radius 1 is 1.16 bits per heavy atom. The number of amides is 2. The summed E-state index contributed by atoms with van der Waals surface area (Å²) in [7, 11) is 0. The number of anilines is 1. The van der Waals surface area contributed by atoms with Gasteiger partial charge < -0.3 is 15.4 Å². The van der Waals surface area contributed by atoms with Crippen molar-refractivity contribution in [1.82, 2.24) is 5.32 Å². The van der Waals surface area contributed by atoms with Crippen molar-refractivity contribution in [2.75, 3.05) is 25.1 Å². The fraction of sp³-hybridized carbons (Fsp3) is 0.611. The Morgan fingerprint density at radius 3 is 2.44 bits per heavy atom. The van der Waals surface area contributed by atoms with Gasteiger partial charge >= 0.3 is 6.03 Å². The van der Waals surface area contributed by atoms with Crippen molar-refractivity contribution in [3.63, 3.8) is 0 Å². The molecule has 0 saturated carbocycles. The van der Waals surface area contributed by atoms with E-state index in [9.17, 15) is 4.79 Å². The highest BCUT2D eigenvalue weighted by Crippen LogP contribution is 2.33. The molecule has 1 aromatic rings. The van der Waals surface area contributed by atoms with E-state index in [0.29, 0.717) is 39.8 Å². The van der Waals surface area contributed by atoms with Crippen molar-refractivity contribution < 1.29 is 9.53 Å². The average molecular weight is 410 g/mol. The van der Waals surface area contributed by atoms with Crippen molar-refractivity contribution in [2.24, 2.45) is 5.92 Å². The van der Waals surface area contributed by atoms with Crippen LogP contribution in [0.3, 0.4) is 0 Å². The standard InChI is InChI=1S/C18H27Cl3N2O2/c1-3-5-7-13(4-2)12-25-9-6-8-22-18(24)23-17-15(20)10-14(19)11-16(17)21/h10-11,13H,3-9,12H2,1-2H3,(H2,22,23,24).